The van der Waals surface area contributed by atoms with E-state index >= 15 is 0 Å². The molecular formula is C23H30N2O3S. The third-order valence-electron chi connectivity index (χ3n) is 6.06. The highest BCUT2D eigenvalue weighted by molar-refractivity contribution is 7.84. The molecule has 1 aromatic carbocycles. The Bertz CT molecular complexity index is 865. The van der Waals surface area contributed by atoms with E-state index in [2.05, 4.69) is 4.90 Å². The van der Waals surface area contributed by atoms with E-state index in [1.165, 1.54) is 32.4 Å². The molecule has 4 rings (SSSR count). The molecule has 2 fully saturated rings. The lowest BCUT2D eigenvalue weighted by atomic mass is 10.00. The van der Waals surface area contributed by atoms with Gasteiger partial charge in [0.2, 0.25) is 0 Å². The van der Waals surface area contributed by atoms with Crippen molar-refractivity contribution in [1.29, 1.82) is 0 Å². The van der Waals surface area contributed by atoms with Gasteiger partial charge in [-0.3, -0.25) is 9.00 Å². The van der Waals surface area contributed by atoms with Crippen molar-refractivity contribution in [2.75, 3.05) is 26.2 Å². The highest BCUT2D eigenvalue weighted by atomic mass is 32.2. The van der Waals surface area contributed by atoms with E-state index in [-0.39, 0.29) is 11.7 Å². The first-order valence-electron chi connectivity index (χ1n) is 10.7. The molecule has 0 unspecified atom stereocenters. The van der Waals surface area contributed by atoms with Crippen LogP contribution in [0.5, 0.6) is 0 Å². The number of carbonyl (C=O) groups is 1. The molecule has 0 N–H and O–H groups in total. The summed E-state index contributed by atoms with van der Waals surface area (Å²) in [5, 5.41) is 0. The van der Waals surface area contributed by atoms with E-state index in [9.17, 15) is 9.00 Å². The normalized spacial score (nSPS) is 20.0. The summed E-state index contributed by atoms with van der Waals surface area (Å²) in [4.78, 5) is 18.1. The van der Waals surface area contributed by atoms with Crippen LogP contribution in [0.1, 0.15) is 54.0 Å². The van der Waals surface area contributed by atoms with Crippen LogP contribution in [0.3, 0.4) is 0 Å². The van der Waals surface area contributed by atoms with Gasteiger partial charge in [0.1, 0.15) is 5.76 Å². The molecule has 0 spiro atoms. The lowest BCUT2D eigenvalue weighted by Gasteiger charge is -2.40. The van der Waals surface area contributed by atoms with E-state index in [1.54, 1.807) is 12.1 Å². The van der Waals surface area contributed by atoms with Crippen molar-refractivity contribution >= 4 is 16.7 Å². The zero-order valence-electron chi connectivity index (χ0n) is 17.1. The van der Waals surface area contributed by atoms with Crippen LogP contribution in [0.15, 0.2) is 45.7 Å². The third kappa shape index (κ3) is 4.98. The maximum Gasteiger partial charge on any atom is 0.289 e. The van der Waals surface area contributed by atoms with Gasteiger partial charge in [-0.2, -0.15) is 0 Å². The number of aryl methyl sites for hydroxylation is 1. The Labute approximate surface area is 175 Å². The van der Waals surface area contributed by atoms with Gasteiger partial charge in [-0.1, -0.05) is 18.6 Å². The summed E-state index contributed by atoms with van der Waals surface area (Å²) in [7, 11) is -1.18. The summed E-state index contributed by atoms with van der Waals surface area (Å²) in [6.07, 6.45) is 6.03. The fraction of sp³-hybridized carbons (Fsp3) is 0.522. The lowest BCUT2D eigenvalue weighted by Crippen LogP contribution is -2.48. The minimum absolute atomic E-state index is 0.0466. The Hall–Kier alpha value is -1.92. The first-order chi connectivity index (χ1) is 14.1. The molecule has 1 atom stereocenters. The van der Waals surface area contributed by atoms with Crippen LogP contribution in [0.4, 0.5) is 0 Å². The first-order valence-corrected chi connectivity index (χ1v) is 12.0. The Morgan fingerprint density at radius 1 is 1.07 bits per heavy atom. The average molecular weight is 415 g/mol. The topological polar surface area (TPSA) is 53.8 Å². The van der Waals surface area contributed by atoms with Gasteiger partial charge in [-0.05, 0) is 75.5 Å². The van der Waals surface area contributed by atoms with Crippen molar-refractivity contribution in [3.63, 3.8) is 0 Å². The van der Waals surface area contributed by atoms with Gasteiger partial charge in [-0.15, -0.1) is 0 Å². The minimum atomic E-state index is -1.18. The first kappa shape index (κ1) is 20.4. The number of nitrogens with zero attached hydrogens (tertiary/aromatic N) is 2. The fourth-order valence-electron chi connectivity index (χ4n) is 4.41. The number of hydrogen-bond acceptors (Lipinski definition) is 4. The number of furan rings is 1. The summed E-state index contributed by atoms with van der Waals surface area (Å²) in [5.74, 6) is 1.19. The van der Waals surface area contributed by atoms with Crippen LogP contribution >= 0.6 is 0 Å². The van der Waals surface area contributed by atoms with Crippen LogP contribution < -0.4 is 0 Å². The molecule has 156 valence electrons. The standard InChI is InChI=1S/C23H30N2O3S/c1-18-6-5-7-21(16-18)29(27)17-20-8-9-22(28-20)23(26)25-14-10-19(11-15-25)24-12-3-2-4-13-24/h5-9,16,19H,2-4,10-15,17H2,1H3/t29-/m0/s1. The minimum Gasteiger partial charge on any atom is -0.455 e. The Morgan fingerprint density at radius 3 is 2.55 bits per heavy atom. The zero-order valence-corrected chi connectivity index (χ0v) is 18.0. The van der Waals surface area contributed by atoms with E-state index in [4.69, 9.17) is 4.42 Å². The Balaban J connectivity index is 1.32. The average Bonchev–Trinajstić information content (AvgIpc) is 3.22. The summed E-state index contributed by atoms with van der Waals surface area (Å²) < 4.78 is 18.4. The van der Waals surface area contributed by atoms with Crippen molar-refractivity contribution in [3.05, 3.63) is 53.5 Å². The predicted molar refractivity (Wildman–Crippen MR) is 114 cm³/mol. The SMILES string of the molecule is Cc1cccc([S@@](=O)Cc2ccc(C(=O)N3CCC(N4CCCCC4)CC3)o2)c1. The second-order valence-corrected chi connectivity index (χ2v) is 9.64. The van der Waals surface area contributed by atoms with Crippen LogP contribution in [0, 0.1) is 6.92 Å². The second-order valence-electron chi connectivity index (χ2n) is 8.19. The van der Waals surface area contributed by atoms with Crippen LogP contribution in [0.2, 0.25) is 0 Å². The summed E-state index contributed by atoms with van der Waals surface area (Å²) in [6, 6.07) is 11.8. The molecule has 0 bridgehead atoms. The molecule has 2 aromatic rings. The zero-order chi connectivity index (χ0) is 20.2. The van der Waals surface area contributed by atoms with Gasteiger partial charge in [-0.25, -0.2) is 0 Å². The third-order valence-corrected chi connectivity index (χ3v) is 7.38. The number of piperidine rings is 2. The predicted octanol–water partition coefficient (Wildman–Crippen LogP) is 3.99. The molecule has 3 heterocycles. The Kier molecular flexibility index (Phi) is 6.50. The molecule has 2 aliphatic rings. The quantitative estimate of drug-likeness (QED) is 0.742. The van der Waals surface area contributed by atoms with Crippen LogP contribution in [-0.2, 0) is 16.6 Å². The maximum atomic E-state index is 12.8. The molecule has 1 amide bonds. The molecule has 6 heteroatoms. The number of likely N-dealkylation sites (tertiary alicyclic amines) is 2. The van der Waals surface area contributed by atoms with Gasteiger partial charge in [0.05, 0.1) is 16.6 Å². The smallest absolute Gasteiger partial charge is 0.289 e. The largest absolute Gasteiger partial charge is 0.455 e. The molecule has 2 aliphatic heterocycles. The molecule has 0 saturated carbocycles. The highest BCUT2D eigenvalue weighted by Crippen LogP contribution is 2.23. The monoisotopic (exact) mass is 414 g/mol. The summed E-state index contributed by atoms with van der Waals surface area (Å²) >= 11 is 0. The van der Waals surface area contributed by atoms with Gasteiger partial charge < -0.3 is 14.2 Å². The van der Waals surface area contributed by atoms with Crippen molar-refractivity contribution in [1.82, 2.24) is 9.80 Å². The molecule has 1 aromatic heterocycles. The van der Waals surface area contributed by atoms with Gasteiger partial charge in [0, 0.05) is 24.0 Å². The van der Waals surface area contributed by atoms with E-state index in [0.29, 0.717) is 17.6 Å². The molecule has 2 saturated heterocycles. The molecule has 0 radical (unpaired) electrons. The van der Waals surface area contributed by atoms with Crippen molar-refractivity contribution in [3.8, 4) is 0 Å². The van der Waals surface area contributed by atoms with E-state index in [0.717, 1.165) is 36.4 Å². The van der Waals surface area contributed by atoms with Gasteiger partial charge in [0.25, 0.3) is 5.91 Å². The fourth-order valence-corrected chi connectivity index (χ4v) is 5.54. The number of rotatable bonds is 5. The number of amides is 1. The van der Waals surface area contributed by atoms with Crippen LogP contribution in [0.25, 0.3) is 0 Å². The maximum absolute atomic E-state index is 12.8. The molecular weight excluding hydrogens is 384 g/mol. The lowest BCUT2D eigenvalue weighted by molar-refractivity contribution is 0.0561. The van der Waals surface area contributed by atoms with Gasteiger partial charge >= 0.3 is 0 Å². The highest BCUT2D eigenvalue weighted by Gasteiger charge is 2.29. The number of carbonyl (C=O) groups excluding carboxylic acids is 1. The molecule has 5 nitrogen and oxygen atoms in total. The number of benzene rings is 1. The Morgan fingerprint density at radius 2 is 1.83 bits per heavy atom. The van der Waals surface area contributed by atoms with E-state index in [1.807, 2.05) is 36.1 Å². The van der Waals surface area contributed by atoms with Crippen molar-refractivity contribution in [2.24, 2.45) is 0 Å². The van der Waals surface area contributed by atoms with Gasteiger partial charge in [0.15, 0.2) is 5.76 Å². The van der Waals surface area contributed by atoms with Crippen LogP contribution in [-0.4, -0.2) is 52.1 Å². The molecule has 29 heavy (non-hydrogen) atoms. The van der Waals surface area contributed by atoms with Crippen molar-refractivity contribution in [2.45, 2.75) is 55.7 Å². The molecule has 0 aliphatic carbocycles. The number of hydrogen-bond donors (Lipinski definition) is 0. The summed E-state index contributed by atoms with van der Waals surface area (Å²) in [5.41, 5.74) is 1.08. The summed E-state index contributed by atoms with van der Waals surface area (Å²) in [6.45, 7) is 5.96. The van der Waals surface area contributed by atoms with Crippen molar-refractivity contribution < 1.29 is 13.4 Å². The second kappa shape index (κ2) is 9.26. The van der Waals surface area contributed by atoms with E-state index < -0.39 is 10.8 Å².